The smallest absolute Gasteiger partial charge is 0.227 e. The number of hydrogen-bond acceptors (Lipinski definition) is 7. The average molecular weight is 464 g/mol. The van der Waals surface area contributed by atoms with Crippen molar-refractivity contribution < 1.29 is 9.53 Å². The summed E-state index contributed by atoms with van der Waals surface area (Å²) in [5, 5.41) is 8.86. The lowest BCUT2D eigenvalue weighted by Gasteiger charge is -2.29. The highest BCUT2D eigenvalue weighted by atomic mass is 32.1. The van der Waals surface area contributed by atoms with Crippen LogP contribution in [0, 0.1) is 11.8 Å². The van der Waals surface area contributed by atoms with Gasteiger partial charge in [-0.15, -0.1) is 0 Å². The van der Waals surface area contributed by atoms with Gasteiger partial charge in [0.2, 0.25) is 5.91 Å². The molecule has 1 aliphatic heterocycles. The van der Waals surface area contributed by atoms with Gasteiger partial charge in [0.05, 0.1) is 29.5 Å². The third kappa shape index (κ3) is 5.02. The zero-order valence-corrected chi connectivity index (χ0v) is 19.6. The fraction of sp³-hybridized carbons (Fsp3) is 0.400. The Bertz CT molecular complexity index is 1260. The fourth-order valence-corrected chi connectivity index (χ4v) is 5.43. The number of carbonyl (C=O) groups is 1. The summed E-state index contributed by atoms with van der Waals surface area (Å²) in [6.07, 6.45) is 12.2. The summed E-state index contributed by atoms with van der Waals surface area (Å²) in [6, 6.07) is 7.59. The summed E-state index contributed by atoms with van der Waals surface area (Å²) in [7, 11) is 1.64. The van der Waals surface area contributed by atoms with E-state index in [-0.39, 0.29) is 11.8 Å². The Balaban J connectivity index is 1.16. The maximum absolute atomic E-state index is 13.1. The molecular weight excluding hydrogens is 434 g/mol. The number of nitrogens with one attached hydrogen (secondary N) is 2. The molecule has 0 bridgehead atoms. The van der Waals surface area contributed by atoms with Crippen LogP contribution in [0.3, 0.4) is 0 Å². The number of nitrogens with zero attached hydrogens (tertiary/aromatic N) is 3. The maximum Gasteiger partial charge on any atom is 0.227 e. The minimum atomic E-state index is 0.0358. The molecule has 2 N–H and O–H groups in total. The first-order valence-electron chi connectivity index (χ1n) is 11.5. The predicted octanol–water partition coefficient (Wildman–Crippen LogP) is 2.53. The Hall–Kier alpha value is -2.97. The van der Waals surface area contributed by atoms with Gasteiger partial charge in [-0.2, -0.15) is 4.37 Å². The molecule has 33 heavy (non-hydrogen) atoms. The SMILES string of the molecule is COc1ccc2nccc(NC(=O)C3CCCC(CNCN4C=c5cnsc5=CC4)C3)c2c1. The summed E-state index contributed by atoms with van der Waals surface area (Å²) < 4.78 is 10.9. The van der Waals surface area contributed by atoms with Gasteiger partial charge >= 0.3 is 0 Å². The van der Waals surface area contributed by atoms with Crippen molar-refractivity contribution in [2.24, 2.45) is 11.8 Å². The fourth-order valence-electron chi connectivity index (χ4n) is 4.79. The lowest BCUT2D eigenvalue weighted by Crippen LogP contribution is -2.40. The quantitative estimate of drug-likeness (QED) is 0.561. The molecule has 0 radical (unpaired) electrons. The number of anilines is 1. The molecule has 1 aromatic carbocycles. The summed E-state index contributed by atoms with van der Waals surface area (Å²) in [5.74, 6) is 1.40. The molecule has 2 unspecified atom stereocenters. The second-order valence-corrected chi connectivity index (χ2v) is 9.66. The largest absolute Gasteiger partial charge is 0.497 e. The average Bonchev–Trinajstić information content (AvgIpc) is 3.32. The summed E-state index contributed by atoms with van der Waals surface area (Å²) >= 11 is 1.55. The Morgan fingerprint density at radius 3 is 3.15 bits per heavy atom. The maximum atomic E-state index is 13.1. The first-order valence-corrected chi connectivity index (χ1v) is 12.3. The van der Waals surface area contributed by atoms with Crippen molar-refractivity contribution in [3.05, 3.63) is 46.4 Å². The number of ether oxygens (including phenoxy) is 1. The molecule has 1 fully saturated rings. The van der Waals surface area contributed by atoms with Gasteiger partial charge in [0.1, 0.15) is 5.75 Å². The molecule has 0 saturated heterocycles. The van der Waals surface area contributed by atoms with Gasteiger partial charge in [-0.05, 0) is 73.6 Å². The van der Waals surface area contributed by atoms with Gasteiger partial charge in [-0.3, -0.25) is 15.1 Å². The molecule has 8 heteroatoms. The van der Waals surface area contributed by atoms with Gasteiger partial charge in [0.25, 0.3) is 0 Å². The number of pyridine rings is 1. The Morgan fingerprint density at radius 2 is 2.24 bits per heavy atom. The van der Waals surface area contributed by atoms with Gasteiger partial charge in [0.15, 0.2) is 0 Å². The van der Waals surface area contributed by atoms with Crippen LogP contribution in [-0.4, -0.2) is 47.0 Å². The van der Waals surface area contributed by atoms with E-state index in [1.165, 1.54) is 16.2 Å². The Kier molecular flexibility index (Phi) is 6.55. The number of amides is 1. The van der Waals surface area contributed by atoms with Crippen molar-refractivity contribution in [2.75, 3.05) is 32.2 Å². The highest BCUT2D eigenvalue weighted by Gasteiger charge is 2.27. The zero-order chi connectivity index (χ0) is 22.6. The number of aromatic nitrogens is 2. The number of rotatable bonds is 7. The molecule has 5 rings (SSSR count). The standard InChI is InChI=1S/C25H29N5O2S/c1-32-20-5-6-22-21(12-20)23(7-9-27-22)29-25(31)18-4-2-3-17(11-18)13-26-16-30-10-8-24-19(15-30)14-28-33-24/h5-9,12,14-15,17-18,26H,2-4,10-11,13,16H2,1H3,(H,27,29,31). The molecule has 1 amide bonds. The second-order valence-electron chi connectivity index (χ2n) is 8.82. The lowest BCUT2D eigenvalue weighted by atomic mass is 9.81. The van der Waals surface area contributed by atoms with E-state index in [9.17, 15) is 4.79 Å². The van der Waals surface area contributed by atoms with E-state index in [0.717, 1.165) is 61.4 Å². The third-order valence-corrected chi connectivity index (χ3v) is 7.38. The van der Waals surface area contributed by atoms with Gasteiger partial charge in [-0.25, -0.2) is 0 Å². The minimum absolute atomic E-state index is 0.0358. The lowest BCUT2D eigenvalue weighted by molar-refractivity contribution is -0.121. The van der Waals surface area contributed by atoms with Gasteiger partial charge in [0, 0.05) is 41.7 Å². The van der Waals surface area contributed by atoms with Crippen LogP contribution in [0.5, 0.6) is 5.75 Å². The van der Waals surface area contributed by atoms with Crippen molar-refractivity contribution in [3.63, 3.8) is 0 Å². The predicted molar refractivity (Wildman–Crippen MR) is 132 cm³/mol. The monoisotopic (exact) mass is 463 g/mol. The van der Waals surface area contributed by atoms with Crippen LogP contribution in [0.1, 0.15) is 25.7 Å². The molecule has 2 aliphatic rings. The van der Waals surface area contributed by atoms with Crippen LogP contribution < -0.4 is 25.1 Å². The molecule has 2 atom stereocenters. The van der Waals surface area contributed by atoms with Gasteiger partial charge in [-0.1, -0.05) is 6.42 Å². The third-order valence-electron chi connectivity index (χ3n) is 6.57. The van der Waals surface area contributed by atoms with Crippen molar-refractivity contribution in [1.29, 1.82) is 0 Å². The van der Waals surface area contributed by atoms with E-state index in [4.69, 9.17) is 4.74 Å². The molecule has 7 nitrogen and oxygen atoms in total. The van der Waals surface area contributed by atoms with Crippen LogP contribution >= 0.6 is 11.5 Å². The molecule has 172 valence electrons. The van der Waals surface area contributed by atoms with Crippen LogP contribution in [0.15, 0.2) is 36.7 Å². The van der Waals surface area contributed by atoms with Crippen LogP contribution in [-0.2, 0) is 4.79 Å². The van der Waals surface area contributed by atoms with Crippen LogP contribution in [0.2, 0.25) is 0 Å². The zero-order valence-electron chi connectivity index (χ0n) is 18.8. The molecular formula is C25H29N5O2S. The van der Waals surface area contributed by atoms with Crippen molar-refractivity contribution in [1.82, 2.24) is 19.6 Å². The molecule has 0 spiro atoms. The van der Waals surface area contributed by atoms with Crippen molar-refractivity contribution >= 4 is 46.3 Å². The topological polar surface area (TPSA) is 79.4 Å². The molecule has 2 aromatic heterocycles. The Morgan fingerprint density at radius 1 is 1.30 bits per heavy atom. The van der Waals surface area contributed by atoms with Crippen LogP contribution in [0.25, 0.3) is 23.2 Å². The first-order chi connectivity index (χ1) is 16.2. The van der Waals surface area contributed by atoms with Crippen LogP contribution in [0.4, 0.5) is 5.69 Å². The summed E-state index contributed by atoms with van der Waals surface area (Å²) in [6.45, 7) is 2.64. The number of methoxy groups -OCH3 is 1. The number of fused-ring (bicyclic) bond motifs is 2. The Labute approximate surface area is 197 Å². The highest BCUT2D eigenvalue weighted by molar-refractivity contribution is 7.03. The highest BCUT2D eigenvalue weighted by Crippen LogP contribution is 2.31. The van der Waals surface area contributed by atoms with E-state index in [1.807, 2.05) is 30.5 Å². The van der Waals surface area contributed by atoms with E-state index in [0.29, 0.717) is 5.92 Å². The molecule has 3 heterocycles. The molecule has 3 aromatic rings. The normalized spacial score (nSPS) is 20.0. The first kappa shape index (κ1) is 21.9. The molecule has 1 saturated carbocycles. The van der Waals surface area contributed by atoms with E-state index < -0.39 is 0 Å². The van der Waals surface area contributed by atoms with E-state index >= 15 is 0 Å². The second kappa shape index (κ2) is 9.89. The van der Waals surface area contributed by atoms with E-state index in [2.05, 4.69) is 37.2 Å². The van der Waals surface area contributed by atoms with Crippen molar-refractivity contribution in [2.45, 2.75) is 25.7 Å². The van der Waals surface area contributed by atoms with E-state index in [1.54, 1.807) is 24.8 Å². The van der Waals surface area contributed by atoms with Gasteiger partial charge < -0.3 is 15.0 Å². The number of hydrogen-bond donors (Lipinski definition) is 2. The minimum Gasteiger partial charge on any atom is -0.497 e. The number of carbonyl (C=O) groups excluding carboxylic acids is 1. The van der Waals surface area contributed by atoms with Crippen molar-refractivity contribution in [3.8, 4) is 5.75 Å². The summed E-state index contributed by atoms with van der Waals surface area (Å²) in [4.78, 5) is 19.8. The summed E-state index contributed by atoms with van der Waals surface area (Å²) in [5.41, 5.74) is 1.64. The number of benzene rings is 1. The molecule has 1 aliphatic carbocycles.